The van der Waals surface area contributed by atoms with Gasteiger partial charge in [-0.15, -0.1) is 0 Å². The molecule has 2 rings (SSSR count). The Morgan fingerprint density at radius 3 is 3.05 bits per heavy atom. The lowest BCUT2D eigenvalue weighted by atomic mass is 10.1. The van der Waals surface area contributed by atoms with E-state index in [9.17, 15) is 4.79 Å². The molecule has 2 atom stereocenters. The standard InChI is InChI=1S/C17H25NO4/c1-20-17(19)16(18)12-13-5-4-7-15(11-13)22-10-8-14-6-2-3-9-21-14/h4-5,7,11,14,16H,2-3,6,8-10,12,18H2,1H3/t14?,16-/m0/s1. The summed E-state index contributed by atoms with van der Waals surface area (Å²) < 4.78 is 16.1. The topological polar surface area (TPSA) is 70.8 Å². The SMILES string of the molecule is COC(=O)[C@@H](N)Cc1cccc(OCCC2CCCCO2)c1. The molecule has 1 aromatic carbocycles. The van der Waals surface area contributed by atoms with E-state index in [0.717, 1.165) is 30.8 Å². The summed E-state index contributed by atoms with van der Waals surface area (Å²) in [6.45, 7) is 1.50. The van der Waals surface area contributed by atoms with Gasteiger partial charge in [0.25, 0.3) is 0 Å². The maximum absolute atomic E-state index is 11.4. The van der Waals surface area contributed by atoms with Crippen LogP contribution in [0.4, 0.5) is 0 Å². The van der Waals surface area contributed by atoms with E-state index >= 15 is 0 Å². The molecule has 1 heterocycles. The van der Waals surface area contributed by atoms with Crippen LogP contribution in [0.5, 0.6) is 5.75 Å². The molecule has 1 unspecified atom stereocenters. The highest BCUT2D eigenvalue weighted by atomic mass is 16.5. The van der Waals surface area contributed by atoms with E-state index in [4.69, 9.17) is 15.2 Å². The Balaban J connectivity index is 1.79. The van der Waals surface area contributed by atoms with Crippen LogP contribution < -0.4 is 10.5 Å². The number of nitrogens with two attached hydrogens (primary N) is 1. The van der Waals surface area contributed by atoms with Crippen molar-refractivity contribution in [3.8, 4) is 5.75 Å². The van der Waals surface area contributed by atoms with Crippen LogP contribution in [0.15, 0.2) is 24.3 Å². The maximum atomic E-state index is 11.4. The van der Waals surface area contributed by atoms with Gasteiger partial charge in [-0.1, -0.05) is 12.1 Å². The zero-order chi connectivity index (χ0) is 15.8. The highest BCUT2D eigenvalue weighted by molar-refractivity contribution is 5.75. The van der Waals surface area contributed by atoms with E-state index in [-0.39, 0.29) is 0 Å². The van der Waals surface area contributed by atoms with Gasteiger partial charge in [-0.3, -0.25) is 4.79 Å². The zero-order valence-corrected chi connectivity index (χ0v) is 13.1. The first kappa shape index (κ1) is 16.8. The van der Waals surface area contributed by atoms with Gasteiger partial charge in [0.2, 0.25) is 0 Å². The molecule has 1 aliphatic rings. The average molecular weight is 307 g/mol. The number of carbonyl (C=O) groups is 1. The molecule has 0 aromatic heterocycles. The van der Waals surface area contributed by atoms with Gasteiger partial charge in [0.15, 0.2) is 0 Å². The van der Waals surface area contributed by atoms with Crippen molar-refractivity contribution in [1.29, 1.82) is 0 Å². The largest absolute Gasteiger partial charge is 0.493 e. The third kappa shape index (κ3) is 5.31. The van der Waals surface area contributed by atoms with Gasteiger partial charge in [0, 0.05) is 13.0 Å². The quantitative estimate of drug-likeness (QED) is 0.781. The van der Waals surface area contributed by atoms with Gasteiger partial charge in [-0.25, -0.2) is 0 Å². The molecular weight excluding hydrogens is 282 g/mol. The molecule has 1 aliphatic heterocycles. The van der Waals surface area contributed by atoms with Crippen molar-refractivity contribution in [3.05, 3.63) is 29.8 Å². The molecule has 1 fully saturated rings. The van der Waals surface area contributed by atoms with Crippen LogP contribution in [0.25, 0.3) is 0 Å². The number of rotatable bonds is 7. The lowest BCUT2D eigenvalue weighted by Gasteiger charge is -2.22. The molecule has 1 saturated heterocycles. The molecule has 22 heavy (non-hydrogen) atoms. The van der Waals surface area contributed by atoms with Crippen molar-refractivity contribution in [2.24, 2.45) is 5.73 Å². The minimum Gasteiger partial charge on any atom is -0.493 e. The molecule has 0 amide bonds. The third-order valence-electron chi connectivity index (χ3n) is 3.84. The number of methoxy groups -OCH3 is 1. The molecule has 1 aromatic rings. The molecule has 5 nitrogen and oxygen atoms in total. The van der Waals surface area contributed by atoms with E-state index in [1.165, 1.54) is 20.0 Å². The van der Waals surface area contributed by atoms with Crippen LogP contribution in [-0.4, -0.2) is 38.4 Å². The Labute approximate surface area is 131 Å². The summed E-state index contributed by atoms with van der Waals surface area (Å²) in [5.74, 6) is 0.395. The minimum atomic E-state index is -0.643. The van der Waals surface area contributed by atoms with Crippen molar-refractivity contribution >= 4 is 5.97 Å². The van der Waals surface area contributed by atoms with Gasteiger partial charge >= 0.3 is 5.97 Å². The minimum absolute atomic E-state index is 0.324. The van der Waals surface area contributed by atoms with Gasteiger partial charge < -0.3 is 19.9 Å². The smallest absolute Gasteiger partial charge is 0.322 e. The van der Waals surface area contributed by atoms with Crippen molar-refractivity contribution in [2.45, 2.75) is 44.2 Å². The third-order valence-corrected chi connectivity index (χ3v) is 3.84. The predicted molar refractivity (Wildman–Crippen MR) is 83.8 cm³/mol. The van der Waals surface area contributed by atoms with Crippen molar-refractivity contribution in [2.75, 3.05) is 20.3 Å². The van der Waals surface area contributed by atoms with Gasteiger partial charge in [0.1, 0.15) is 11.8 Å². The molecule has 122 valence electrons. The van der Waals surface area contributed by atoms with Crippen LogP contribution >= 0.6 is 0 Å². The summed E-state index contributed by atoms with van der Waals surface area (Å²) in [7, 11) is 1.34. The van der Waals surface area contributed by atoms with Gasteiger partial charge in [-0.2, -0.15) is 0 Å². The fourth-order valence-electron chi connectivity index (χ4n) is 2.59. The molecule has 2 N–H and O–H groups in total. The summed E-state index contributed by atoms with van der Waals surface area (Å²) in [5, 5.41) is 0. The maximum Gasteiger partial charge on any atom is 0.322 e. The highest BCUT2D eigenvalue weighted by Crippen LogP contribution is 2.18. The van der Waals surface area contributed by atoms with E-state index in [1.807, 2.05) is 24.3 Å². The second-order valence-corrected chi connectivity index (χ2v) is 5.61. The normalized spacial score (nSPS) is 19.5. The number of esters is 1. The van der Waals surface area contributed by atoms with Crippen LogP contribution in [0.3, 0.4) is 0 Å². The first-order chi connectivity index (χ1) is 10.7. The first-order valence-corrected chi connectivity index (χ1v) is 7.86. The number of ether oxygens (including phenoxy) is 3. The van der Waals surface area contributed by atoms with Crippen molar-refractivity contribution in [3.63, 3.8) is 0 Å². The average Bonchev–Trinajstić information content (AvgIpc) is 2.55. The lowest BCUT2D eigenvalue weighted by molar-refractivity contribution is -0.142. The number of hydrogen-bond donors (Lipinski definition) is 1. The number of hydrogen-bond acceptors (Lipinski definition) is 5. The van der Waals surface area contributed by atoms with E-state index < -0.39 is 12.0 Å². The summed E-state index contributed by atoms with van der Waals surface area (Å²) >= 11 is 0. The Kier molecular flexibility index (Phi) is 6.68. The van der Waals surface area contributed by atoms with E-state index in [1.54, 1.807) is 0 Å². The highest BCUT2D eigenvalue weighted by Gasteiger charge is 2.15. The molecule has 0 spiro atoms. The molecule has 0 saturated carbocycles. The van der Waals surface area contributed by atoms with Crippen molar-refractivity contribution < 1.29 is 19.0 Å². The van der Waals surface area contributed by atoms with Crippen LogP contribution in [0, 0.1) is 0 Å². The Morgan fingerprint density at radius 2 is 2.32 bits per heavy atom. The summed E-state index contributed by atoms with van der Waals surface area (Å²) in [6, 6.07) is 7.03. The van der Waals surface area contributed by atoms with Crippen LogP contribution in [-0.2, 0) is 20.7 Å². The van der Waals surface area contributed by atoms with Crippen molar-refractivity contribution in [1.82, 2.24) is 0 Å². The monoisotopic (exact) mass is 307 g/mol. The summed E-state index contributed by atoms with van der Waals surface area (Å²) in [5.41, 5.74) is 6.74. The molecular formula is C17H25NO4. The Bertz CT molecular complexity index is 471. The fourth-order valence-corrected chi connectivity index (χ4v) is 2.59. The second-order valence-electron chi connectivity index (χ2n) is 5.61. The van der Waals surface area contributed by atoms with E-state index in [0.29, 0.717) is 19.1 Å². The Morgan fingerprint density at radius 1 is 1.45 bits per heavy atom. The Hall–Kier alpha value is -1.59. The molecule has 0 aliphatic carbocycles. The van der Waals surface area contributed by atoms with Gasteiger partial charge in [-0.05, 0) is 43.4 Å². The lowest BCUT2D eigenvalue weighted by Crippen LogP contribution is -2.33. The number of benzene rings is 1. The fraction of sp³-hybridized carbons (Fsp3) is 0.588. The molecule has 0 bridgehead atoms. The van der Waals surface area contributed by atoms with Crippen LogP contribution in [0.1, 0.15) is 31.2 Å². The molecule has 0 radical (unpaired) electrons. The summed E-state index contributed by atoms with van der Waals surface area (Å²) in [4.78, 5) is 11.4. The zero-order valence-electron chi connectivity index (χ0n) is 13.1. The second kappa shape index (κ2) is 8.76. The van der Waals surface area contributed by atoms with Gasteiger partial charge in [0.05, 0.1) is 19.8 Å². The first-order valence-electron chi connectivity index (χ1n) is 7.86. The predicted octanol–water partition coefficient (Wildman–Crippen LogP) is 2.07. The number of carbonyl (C=O) groups excluding carboxylic acids is 1. The van der Waals surface area contributed by atoms with Crippen LogP contribution in [0.2, 0.25) is 0 Å². The van der Waals surface area contributed by atoms with E-state index in [2.05, 4.69) is 4.74 Å². The molecule has 5 heteroatoms. The summed E-state index contributed by atoms with van der Waals surface area (Å²) in [6.07, 6.45) is 5.20.